The number of rotatable bonds is 6. The fourth-order valence-corrected chi connectivity index (χ4v) is 1.85. The lowest BCUT2D eigenvalue weighted by Gasteiger charge is -2.08. The number of aromatic nitrogens is 3. The van der Waals surface area contributed by atoms with Crippen LogP contribution in [0.5, 0.6) is 0 Å². The van der Waals surface area contributed by atoms with Crippen molar-refractivity contribution >= 4 is 12.2 Å². The minimum absolute atomic E-state index is 0.610. The molecule has 1 aromatic heterocycles. The molecule has 0 unspecified atom stereocenters. The first-order valence-corrected chi connectivity index (χ1v) is 6.20. The SMILES string of the molecule is CCCCCc1n[nH]c(=S)n1CC(C)C. The molecule has 4 heteroatoms. The zero-order valence-electron chi connectivity index (χ0n) is 9.92. The first-order valence-electron chi connectivity index (χ1n) is 5.79. The zero-order valence-corrected chi connectivity index (χ0v) is 10.7. The molecule has 3 nitrogen and oxygen atoms in total. The zero-order chi connectivity index (χ0) is 11.3. The Balaban J connectivity index is 2.66. The van der Waals surface area contributed by atoms with E-state index >= 15 is 0 Å². The molecule has 1 rings (SSSR count). The Morgan fingerprint density at radius 3 is 2.73 bits per heavy atom. The summed E-state index contributed by atoms with van der Waals surface area (Å²) in [7, 11) is 0. The Morgan fingerprint density at radius 1 is 1.40 bits per heavy atom. The molecule has 0 radical (unpaired) electrons. The third-order valence-electron chi connectivity index (χ3n) is 2.39. The highest BCUT2D eigenvalue weighted by Gasteiger charge is 2.06. The molecule has 0 fully saturated rings. The van der Waals surface area contributed by atoms with Gasteiger partial charge in [-0.2, -0.15) is 5.10 Å². The van der Waals surface area contributed by atoms with Gasteiger partial charge in [0.15, 0.2) is 4.77 Å². The van der Waals surface area contributed by atoms with E-state index in [4.69, 9.17) is 12.2 Å². The lowest BCUT2D eigenvalue weighted by molar-refractivity contribution is 0.498. The van der Waals surface area contributed by atoms with Crippen LogP contribution < -0.4 is 0 Å². The van der Waals surface area contributed by atoms with E-state index in [1.807, 2.05) is 0 Å². The normalized spacial score (nSPS) is 11.2. The molecule has 0 spiro atoms. The fraction of sp³-hybridized carbons (Fsp3) is 0.818. The number of unbranched alkanes of at least 4 members (excludes halogenated alkanes) is 2. The van der Waals surface area contributed by atoms with Crippen molar-refractivity contribution in [2.45, 2.75) is 53.0 Å². The lowest BCUT2D eigenvalue weighted by atomic mass is 10.2. The summed E-state index contributed by atoms with van der Waals surface area (Å²) in [4.78, 5) is 0. The fourth-order valence-electron chi connectivity index (χ4n) is 1.63. The molecule has 0 saturated heterocycles. The first-order chi connectivity index (χ1) is 7.15. The predicted molar refractivity (Wildman–Crippen MR) is 65.5 cm³/mol. The molecule has 15 heavy (non-hydrogen) atoms. The minimum atomic E-state index is 0.610. The van der Waals surface area contributed by atoms with Gasteiger partial charge < -0.3 is 4.57 Å². The number of aryl methyl sites for hydroxylation is 1. The second kappa shape index (κ2) is 6.05. The van der Waals surface area contributed by atoms with Gasteiger partial charge in [0.25, 0.3) is 0 Å². The topological polar surface area (TPSA) is 33.6 Å². The molecular weight excluding hydrogens is 206 g/mol. The average Bonchev–Trinajstić information content (AvgIpc) is 2.49. The van der Waals surface area contributed by atoms with Gasteiger partial charge in [-0.05, 0) is 24.6 Å². The van der Waals surface area contributed by atoms with E-state index in [0.717, 1.165) is 23.6 Å². The van der Waals surface area contributed by atoms with Gasteiger partial charge in [0.1, 0.15) is 5.82 Å². The standard InChI is InChI=1S/C11H21N3S/c1-4-5-6-7-10-12-13-11(15)14(10)8-9(2)3/h9H,4-8H2,1-3H3,(H,13,15). The van der Waals surface area contributed by atoms with Gasteiger partial charge in [-0.15, -0.1) is 0 Å². The van der Waals surface area contributed by atoms with Gasteiger partial charge in [0, 0.05) is 13.0 Å². The molecule has 1 aromatic rings. The quantitative estimate of drug-likeness (QED) is 0.597. The number of nitrogens with one attached hydrogen (secondary N) is 1. The van der Waals surface area contributed by atoms with Crippen LogP contribution in [-0.4, -0.2) is 14.8 Å². The van der Waals surface area contributed by atoms with Crippen molar-refractivity contribution in [1.29, 1.82) is 0 Å². The maximum atomic E-state index is 5.21. The third-order valence-corrected chi connectivity index (χ3v) is 2.70. The van der Waals surface area contributed by atoms with Gasteiger partial charge in [-0.25, -0.2) is 0 Å². The Morgan fingerprint density at radius 2 is 2.13 bits per heavy atom. The molecular formula is C11H21N3S. The van der Waals surface area contributed by atoms with Crippen molar-refractivity contribution in [2.24, 2.45) is 5.92 Å². The molecule has 0 aromatic carbocycles. The number of aromatic amines is 1. The summed E-state index contributed by atoms with van der Waals surface area (Å²) in [5, 5.41) is 7.17. The van der Waals surface area contributed by atoms with E-state index < -0.39 is 0 Å². The summed E-state index contributed by atoms with van der Waals surface area (Å²) in [5.41, 5.74) is 0. The number of hydrogen-bond donors (Lipinski definition) is 1. The number of hydrogen-bond acceptors (Lipinski definition) is 2. The molecule has 1 N–H and O–H groups in total. The van der Waals surface area contributed by atoms with Crippen LogP contribution in [0.15, 0.2) is 0 Å². The van der Waals surface area contributed by atoms with Gasteiger partial charge in [0.05, 0.1) is 0 Å². The van der Waals surface area contributed by atoms with E-state index in [1.165, 1.54) is 19.3 Å². The summed E-state index contributed by atoms with van der Waals surface area (Å²) >= 11 is 5.21. The predicted octanol–water partition coefficient (Wildman–Crippen LogP) is 3.33. The van der Waals surface area contributed by atoms with Crippen molar-refractivity contribution in [1.82, 2.24) is 14.8 Å². The molecule has 1 heterocycles. The summed E-state index contributed by atoms with van der Waals surface area (Å²) in [6.45, 7) is 7.58. The van der Waals surface area contributed by atoms with E-state index in [2.05, 4.69) is 35.5 Å². The second-order valence-corrected chi connectivity index (χ2v) is 4.79. The Kier molecular flexibility index (Phi) is 5.02. The maximum Gasteiger partial charge on any atom is 0.195 e. The van der Waals surface area contributed by atoms with Crippen molar-refractivity contribution in [2.75, 3.05) is 0 Å². The summed E-state index contributed by atoms with van der Waals surface area (Å²) in [5.74, 6) is 1.72. The van der Waals surface area contributed by atoms with Crippen molar-refractivity contribution < 1.29 is 0 Å². The second-order valence-electron chi connectivity index (χ2n) is 4.41. The van der Waals surface area contributed by atoms with Crippen molar-refractivity contribution in [3.8, 4) is 0 Å². The van der Waals surface area contributed by atoms with Gasteiger partial charge in [0.2, 0.25) is 0 Å². The van der Waals surface area contributed by atoms with E-state index in [0.29, 0.717) is 5.92 Å². The molecule has 0 amide bonds. The smallest absolute Gasteiger partial charge is 0.195 e. The van der Waals surface area contributed by atoms with Crippen molar-refractivity contribution in [3.05, 3.63) is 10.6 Å². The summed E-state index contributed by atoms with van der Waals surface area (Å²) < 4.78 is 2.89. The van der Waals surface area contributed by atoms with Crippen LogP contribution in [0, 0.1) is 10.7 Å². The molecule has 86 valence electrons. The molecule has 0 aliphatic heterocycles. The highest BCUT2D eigenvalue weighted by molar-refractivity contribution is 7.71. The third kappa shape index (κ3) is 3.78. The van der Waals surface area contributed by atoms with Crippen LogP contribution in [0.3, 0.4) is 0 Å². The number of nitrogens with zero attached hydrogens (tertiary/aromatic N) is 2. The molecule has 0 aliphatic rings. The molecule has 0 aliphatic carbocycles. The van der Waals surface area contributed by atoms with E-state index in [-0.39, 0.29) is 0 Å². The van der Waals surface area contributed by atoms with Crippen LogP contribution in [-0.2, 0) is 13.0 Å². The number of H-pyrrole nitrogens is 1. The summed E-state index contributed by atoms with van der Waals surface area (Å²) in [6, 6.07) is 0. The van der Waals surface area contributed by atoms with Gasteiger partial charge >= 0.3 is 0 Å². The molecule has 0 atom stereocenters. The highest BCUT2D eigenvalue weighted by Crippen LogP contribution is 2.08. The van der Waals surface area contributed by atoms with E-state index in [1.54, 1.807) is 0 Å². The first kappa shape index (κ1) is 12.4. The lowest BCUT2D eigenvalue weighted by Crippen LogP contribution is -2.09. The highest BCUT2D eigenvalue weighted by atomic mass is 32.1. The van der Waals surface area contributed by atoms with Crippen molar-refractivity contribution in [3.63, 3.8) is 0 Å². The largest absolute Gasteiger partial charge is 0.304 e. The van der Waals surface area contributed by atoms with Crippen LogP contribution in [0.1, 0.15) is 45.9 Å². The van der Waals surface area contributed by atoms with Crippen LogP contribution in [0.4, 0.5) is 0 Å². The van der Waals surface area contributed by atoms with Gasteiger partial charge in [-0.1, -0.05) is 33.6 Å². The van der Waals surface area contributed by atoms with Crippen LogP contribution >= 0.6 is 12.2 Å². The Labute approximate surface area is 96.9 Å². The van der Waals surface area contributed by atoms with Gasteiger partial charge in [-0.3, -0.25) is 5.10 Å². The summed E-state index contributed by atoms with van der Waals surface area (Å²) in [6.07, 6.45) is 4.75. The minimum Gasteiger partial charge on any atom is -0.304 e. The molecule has 0 bridgehead atoms. The molecule has 0 saturated carbocycles. The Hall–Kier alpha value is -0.640. The monoisotopic (exact) mass is 227 g/mol. The average molecular weight is 227 g/mol. The van der Waals surface area contributed by atoms with Crippen LogP contribution in [0.25, 0.3) is 0 Å². The Bertz CT molecular complexity index is 338. The maximum absolute atomic E-state index is 5.21. The van der Waals surface area contributed by atoms with Crippen LogP contribution in [0.2, 0.25) is 0 Å². The van der Waals surface area contributed by atoms with E-state index in [9.17, 15) is 0 Å².